The van der Waals surface area contributed by atoms with Crippen LogP contribution in [0.15, 0.2) is 91.6 Å². The van der Waals surface area contributed by atoms with Crippen molar-refractivity contribution in [1.29, 1.82) is 0 Å². The Bertz CT molecular complexity index is 1650. The van der Waals surface area contributed by atoms with E-state index in [0.29, 0.717) is 32.2 Å². The first-order valence-corrected chi connectivity index (χ1v) is 14.0. The van der Waals surface area contributed by atoms with E-state index in [2.05, 4.69) is 47.2 Å². The Morgan fingerprint density at radius 2 is 1.78 bits per heavy atom. The van der Waals surface area contributed by atoms with Crippen molar-refractivity contribution in [3.63, 3.8) is 0 Å². The summed E-state index contributed by atoms with van der Waals surface area (Å²) in [7, 11) is 0. The number of rotatable bonds is 5. The average Bonchev–Trinajstić information content (AvgIpc) is 3.41. The zero-order chi connectivity index (χ0) is 25.4. The van der Waals surface area contributed by atoms with E-state index in [1.54, 1.807) is 15.9 Å². The highest BCUT2D eigenvalue weighted by molar-refractivity contribution is 9.11. The van der Waals surface area contributed by atoms with Crippen LogP contribution in [0, 0.1) is 0 Å². The van der Waals surface area contributed by atoms with Gasteiger partial charge < -0.3 is 5.32 Å². The second-order valence-corrected chi connectivity index (χ2v) is 12.4. The summed E-state index contributed by atoms with van der Waals surface area (Å²) in [5.74, 6) is 0.112. The van der Waals surface area contributed by atoms with Gasteiger partial charge in [0.15, 0.2) is 4.80 Å². The highest BCUT2D eigenvalue weighted by Gasteiger charge is 2.32. The summed E-state index contributed by atoms with van der Waals surface area (Å²) < 4.78 is 3.25. The van der Waals surface area contributed by atoms with Crippen molar-refractivity contribution in [3.8, 4) is 0 Å². The number of benzene rings is 2. The van der Waals surface area contributed by atoms with Gasteiger partial charge in [0.1, 0.15) is 0 Å². The molecule has 0 aliphatic carbocycles. The maximum Gasteiger partial charge on any atom is 0.271 e. The molecular weight excluding hydrogens is 554 g/mol. The molecule has 1 amide bonds. The van der Waals surface area contributed by atoms with Gasteiger partial charge in [-0.25, -0.2) is 4.99 Å². The Kier molecular flexibility index (Phi) is 6.92. The van der Waals surface area contributed by atoms with Crippen LogP contribution in [0.25, 0.3) is 6.08 Å². The number of thiophene rings is 1. The SMILES string of the molecule is CC1=C(C(=O)Nc2ccccc2)[C@@H](c2ccc(C(C)C)cc2)n2c(s/c(=C/c3ccc(Br)s3)c2=O)=N1. The van der Waals surface area contributed by atoms with E-state index in [1.165, 1.54) is 16.9 Å². The summed E-state index contributed by atoms with van der Waals surface area (Å²) in [6.07, 6.45) is 1.89. The van der Waals surface area contributed by atoms with Crippen molar-refractivity contribution in [1.82, 2.24) is 4.57 Å². The van der Waals surface area contributed by atoms with E-state index in [1.807, 2.05) is 67.6 Å². The highest BCUT2D eigenvalue weighted by atomic mass is 79.9. The number of thiazole rings is 1. The average molecular weight is 579 g/mol. The molecule has 0 unspecified atom stereocenters. The van der Waals surface area contributed by atoms with Crippen molar-refractivity contribution >= 4 is 56.3 Å². The van der Waals surface area contributed by atoms with Gasteiger partial charge in [0.05, 0.1) is 25.6 Å². The quantitative estimate of drug-likeness (QED) is 0.325. The molecule has 8 heteroatoms. The Hall–Kier alpha value is -3.07. The molecule has 1 aliphatic heterocycles. The molecule has 3 heterocycles. The van der Waals surface area contributed by atoms with E-state index >= 15 is 0 Å². The standard InChI is InChI=1S/C28H24BrN3O2S2/c1-16(2)18-9-11-19(12-10-18)25-24(26(33)31-20-7-5-4-6-8-20)17(3)30-28-32(25)27(34)22(36-28)15-21-13-14-23(29)35-21/h4-16,25H,1-3H3,(H,31,33)/b22-15+/t25-/m1/s1. The molecule has 0 radical (unpaired) electrons. The van der Waals surface area contributed by atoms with Gasteiger partial charge in [-0.05, 0) is 70.2 Å². The number of amides is 1. The van der Waals surface area contributed by atoms with E-state index in [0.717, 1.165) is 14.2 Å². The lowest BCUT2D eigenvalue weighted by Gasteiger charge is -2.25. The number of hydrogen-bond donors (Lipinski definition) is 1. The van der Waals surface area contributed by atoms with Gasteiger partial charge in [0, 0.05) is 10.6 Å². The minimum absolute atomic E-state index is 0.154. The predicted molar refractivity (Wildman–Crippen MR) is 151 cm³/mol. The zero-order valence-corrected chi connectivity index (χ0v) is 23.2. The largest absolute Gasteiger partial charge is 0.322 e. The van der Waals surface area contributed by atoms with Crippen molar-refractivity contribution in [2.24, 2.45) is 4.99 Å². The summed E-state index contributed by atoms with van der Waals surface area (Å²) >= 11 is 6.39. The van der Waals surface area contributed by atoms with Crippen LogP contribution >= 0.6 is 38.6 Å². The summed E-state index contributed by atoms with van der Waals surface area (Å²) in [6.45, 7) is 6.12. The summed E-state index contributed by atoms with van der Waals surface area (Å²) in [6, 6.07) is 20.9. The Morgan fingerprint density at radius 1 is 1.06 bits per heavy atom. The molecule has 0 spiro atoms. The van der Waals surface area contributed by atoms with Crippen LogP contribution in [0.2, 0.25) is 0 Å². The zero-order valence-electron chi connectivity index (χ0n) is 20.0. The molecule has 0 bridgehead atoms. The molecule has 0 fully saturated rings. The van der Waals surface area contributed by atoms with Crippen molar-refractivity contribution in [3.05, 3.63) is 117 Å². The van der Waals surface area contributed by atoms with Gasteiger partial charge in [-0.2, -0.15) is 0 Å². The number of anilines is 1. The monoisotopic (exact) mass is 577 g/mol. The number of fused-ring (bicyclic) bond motifs is 1. The summed E-state index contributed by atoms with van der Waals surface area (Å²) in [5, 5.41) is 2.99. The fourth-order valence-electron chi connectivity index (χ4n) is 4.25. The number of para-hydroxylation sites is 1. The third kappa shape index (κ3) is 4.81. The van der Waals surface area contributed by atoms with Crippen molar-refractivity contribution < 1.29 is 4.79 Å². The lowest BCUT2D eigenvalue weighted by Crippen LogP contribution is -2.40. The number of aromatic nitrogens is 1. The lowest BCUT2D eigenvalue weighted by molar-refractivity contribution is -0.113. The number of nitrogens with one attached hydrogen (secondary N) is 1. The molecule has 4 aromatic rings. The fraction of sp³-hybridized carbons (Fsp3) is 0.179. The topological polar surface area (TPSA) is 63.5 Å². The van der Waals surface area contributed by atoms with Gasteiger partial charge in [-0.1, -0.05) is 67.6 Å². The lowest BCUT2D eigenvalue weighted by atomic mass is 9.93. The molecular formula is C28H24BrN3O2S2. The van der Waals surface area contributed by atoms with E-state index in [-0.39, 0.29) is 11.5 Å². The minimum Gasteiger partial charge on any atom is -0.322 e. The first-order chi connectivity index (χ1) is 17.3. The predicted octanol–water partition coefficient (Wildman–Crippen LogP) is 5.82. The van der Waals surface area contributed by atoms with Crippen LogP contribution in [0.1, 0.15) is 48.7 Å². The molecule has 5 rings (SSSR count). The third-order valence-corrected chi connectivity index (χ3v) is 8.64. The number of halogens is 1. The first-order valence-electron chi connectivity index (χ1n) is 11.6. The van der Waals surface area contributed by atoms with Crippen LogP contribution in [-0.4, -0.2) is 10.5 Å². The van der Waals surface area contributed by atoms with Crippen molar-refractivity contribution in [2.45, 2.75) is 32.7 Å². The van der Waals surface area contributed by atoms with Gasteiger partial charge in [-0.3, -0.25) is 14.2 Å². The molecule has 2 aromatic heterocycles. The van der Waals surface area contributed by atoms with Crippen LogP contribution in [0.5, 0.6) is 0 Å². The van der Waals surface area contributed by atoms with Crippen LogP contribution in [-0.2, 0) is 4.79 Å². The second-order valence-electron chi connectivity index (χ2n) is 8.87. The molecule has 182 valence electrons. The van der Waals surface area contributed by atoms with Crippen LogP contribution in [0.3, 0.4) is 0 Å². The maximum absolute atomic E-state index is 13.7. The summed E-state index contributed by atoms with van der Waals surface area (Å²) in [4.78, 5) is 33.6. The number of carbonyl (C=O) groups is 1. The molecule has 1 N–H and O–H groups in total. The number of hydrogen-bond acceptors (Lipinski definition) is 5. The molecule has 0 saturated heterocycles. The van der Waals surface area contributed by atoms with Crippen molar-refractivity contribution in [2.75, 3.05) is 5.32 Å². The third-order valence-electron chi connectivity index (χ3n) is 6.08. The van der Waals surface area contributed by atoms with Gasteiger partial charge in [0.2, 0.25) is 0 Å². The second kappa shape index (κ2) is 10.1. The molecule has 0 saturated carbocycles. The Balaban J connectivity index is 1.67. The maximum atomic E-state index is 13.7. The number of nitrogens with zero attached hydrogens (tertiary/aromatic N) is 2. The number of allylic oxidation sites excluding steroid dienone is 1. The molecule has 1 atom stereocenters. The van der Waals surface area contributed by atoms with Gasteiger partial charge in [0.25, 0.3) is 11.5 Å². The minimum atomic E-state index is -0.580. The van der Waals surface area contributed by atoms with Crippen LogP contribution < -0.4 is 20.2 Å². The van der Waals surface area contributed by atoms with Crippen LogP contribution in [0.4, 0.5) is 5.69 Å². The molecule has 5 nitrogen and oxygen atoms in total. The Labute approximate surface area is 225 Å². The van der Waals surface area contributed by atoms with Gasteiger partial charge >= 0.3 is 0 Å². The molecule has 1 aliphatic rings. The van der Waals surface area contributed by atoms with E-state index in [4.69, 9.17) is 4.99 Å². The number of carbonyl (C=O) groups excluding carboxylic acids is 1. The first kappa shape index (κ1) is 24.6. The normalized spacial score (nSPS) is 15.7. The van der Waals surface area contributed by atoms with E-state index in [9.17, 15) is 9.59 Å². The fourth-order valence-corrected chi connectivity index (χ4v) is 6.72. The molecule has 36 heavy (non-hydrogen) atoms. The highest BCUT2D eigenvalue weighted by Crippen LogP contribution is 2.31. The summed E-state index contributed by atoms with van der Waals surface area (Å²) in [5.41, 5.74) is 3.68. The van der Waals surface area contributed by atoms with E-state index < -0.39 is 6.04 Å². The Morgan fingerprint density at radius 3 is 2.42 bits per heavy atom. The smallest absolute Gasteiger partial charge is 0.271 e. The van der Waals surface area contributed by atoms with Gasteiger partial charge in [-0.15, -0.1) is 11.3 Å². The molecule has 2 aromatic carbocycles.